The third-order valence-corrected chi connectivity index (χ3v) is 6.63. The van der Waals surface area contributed by atoms with Gasteiger partial charge in [-0.1, -0.05) is 18.2 Å². The van der Waals surface area contributed by atoms with E-state index in [4.69, 9.17) is 0 Å². The Kier molecular flexibility index (Phi) is 6.68. The van der Waals surface area contributed by atoms with E-state index in [0.717, 1.165) is 27.9 Å². The summed E-state index contributed by atoms with van der Waals surface area (Å²) in [5.74, 6) is 0. The molecule has 1 atom stereocenters. The zero-order valence-electron chi connectivity index (χ0n) is 17.4. The van der Waals surface area contributed by atoms with Crippen molar-refractivity contribution in [3.8, 4) is 0 Å². The van der Waals surface area contributed by atoms with Crippen molar-refractivity contribution in [1.82, 2.24) is 4.72 Å². The highest BCUT2D eigenvalue weighted by Crippen LogP contribution is 2.21. The monoisotopic (exact) mass is 390 g/mol. The molecule has 0 fully saturated rings. The van der Waals surface area contributed by atoms with Crippen LogP contribution in [0.3, 0.4) is 0 Å². The molecule has 5 nitrogen and oxygen atoms in total. The topological polar surface area (TPSA) is 53.9 Å². The highest BCUT2D eigenvalue weighted by molar-refractivity contribution is 7.89. The second-order valence-corrected chi connectivity index (χ2v) is 9.41. The number of rotatable bonds is 7. The van der Waals surface area contributed by atoms with E-state index < -0.39 is 10.0 Å². The highest BCUT2D eigenvalue weighted by atomic mass is 32.2. The first-order chi connectivity index (χ1) is 12.5. The van der Waals surface area contributed by atoms with Crippen molar-refractivity contribution in [3.05, 3.63) is 58.7 Å². The van der Waals surface area contributed by atoms with Gasteiger partial charge in [-0.25, -0.2) is 13.1 Å². The number of nitrogens with zero attached hydrogens (tertiary/aromatic N) is 1. The summed E-state index contributed by atoms with van der Waals surface area (Å²) in [6.07, 6.45) is 0. The molecule has 148 valence electrons. The van der Waals surface area contributed by atoms with Gasteiger partial charge in [0, 0.05) is 25.3 Å². The standard InChI is InChI=1S/C21H31N3O2S/c1-15-12-17(3)21(13-16(15)2)27(25,26)22-14-20(24(6)7)18-8-10-19(11-9-18)23(4)5/h8-13,20,22H,14H2,1-7H3/p+1/t20-/m1/s1. The van der Waals surface area contributed by atoms with Crippen molar-refractivity contribution in [3.63, 3.8) is 0 Å². The van der Waals surface area contributed by atoms with Crippen LogP contribution in [0.15, 0.2) is 41.3 Å². The average Bonchev–Trinajstić information content (AvgIpc) is 2.58. The van der Waals surface area contributed by atoms with E-state index in [2.05, 4.69) is 29.0 Å². The molecule has 0 unspecified atom stereocenters. The van der Waals surface area contributed by atoms with Crippen LogP contribution < -0.4 is 14.5 Å². The first-order valence-corrected chi connectivity index (χ1v) is 10.7. The van der Waals surface area contributed by atoms with Gasteiger partial charge in [0.15, 0.2) is 0 Å². The maximum Gasteiger partial charge on any atom is 0.241 e. The number of anilines is 1. The minimum atomic E-state index is -3.56. The largest absolute Gasteiger partial charge is 0.378 e. The van der Waals surface area contributed by atoms with Gasteiger partial charge in [0.05, 0.1) is 25.5 Å². The van der Waals surface area contributed by atoms with Crippen LogP contribution in [-0.4, -0.2) is 43.2 Å². The van der Waals surface area contributed by atoms with Crippen molar-refractivity contribution in [2.45, 2.75) is 31.7 Å². The van der Waals surface area contributed by atoms with Crippen molar-refractivity contribution in [2.24, 2.45) is 0 Å². The number of nitrogens with one attached hydrogen (secondary N) is 2. The molecule has 0 spiro atoms. The Morgan fingerprint density at radius 2 is 1.52 bits per heavy atom. The van der Waals surface area contributed by atoms with Gasteiger partial charge in [-0.15, -0.1) is 0 Å². The predicted molar refractivity (Wildman–Crippen MR) is 112 cm³/mol. The summed E-state index contributed by atoms with van der Waals surface area (Å²) in [5, 5.41) is 0. The van der Waals surface area contributed by atoms with Gasteiger partial charge < -0.3 is 9.80 Å². The zero-order valence-corrected chi connectivity index (χ0v) is 18.2. The van der Waals surface area contributed by atoms with Gasteiger partial charge in [-0.2, -0.15) is 0 Å². The third-order valence-electron chi connectivity index (χ3n) is 5.07. The lowest BCUT2D eigenvalue weighted by atomic mass is 10.1. The van der Waals surface area contributed by atoms with Crippen molar-refractivity contribution < 1.29 is 13.3 Å². The third kappa shape index (κ3) is 5.09. The zero-order chi connectivity index (χ0) is 20.4. The van der Waals surface area contributed by atoms with Crippen LogP contribution in [-0.2, 0) is 10.0 Å². The molecule has 0 saturated heterocycles. The Morgan fingerprint density at radius 3 is 2.04 bits per heavy atom. The summed E-state index contributed by atoms with van der Waals surface area (Å²) in [6.45, 7) is 6.12. The molecule has 2 aromatic rings. The van der Waals surface area contributed by atoms with E-state index in [1.807, 2.05) is 59.9 Å². The lowest BCUT2D eigenvalue weighted by molar-refractivity contribution is -0.890. The fourth-order valence-corrected chi connectivity index (χ4v) is 4.51. The number of quaternary nitrogens is 1. The summed E-state index contributed by atoms with van der Waals surface area (Å²) in [5.41, 5.74) is 5.09. The molecule has 2 aromatic carbocycles. The second-order valence-electron chi connectivity index (χ2n) is 7.67. The van der Waals surface area contributed by atoms with E-state index in [9.17, 15) is 8.42 Å². The fraction of sp³-hybridized carbons (Fsp3) is 0.429. The molecule has 6 heteroatoms. The van der Waals surface area contributed by atoms with Crippen LogP contribution >= 0.6 is 0 Å². The average molecular weight is 391 g/mol. The van der Waals surface area contributed by atoms with Gasteiger partial charge in [-0.3, -0.25) is 0 Å². The molecule has 0 aliphatic rings. The molecule has 0 aliphatic carbocycles. The van der Waals surface area contributed by atoms with Crippen molar-refractivity contribution >= 4 is 15.7 Å². The summed E-state index contributed by atoms with van der Waals surface area (Å²) in [6, 6.07) is 12.0. The fourth-order valence-electron chi connectivity index (χ4n) is 3.15. The summed E-state index contributed by atoms with van der Waals surface area (Å²) >= 11 is 0. The van der Waals surface area contributed by atoms with E-state index in [1.54, 1.807) is 6.07 Å². The predicted octanol–water partition coefficient (Wildman–Crippen LogP) is 1.84. The van der Waals surface area contributed by atoms with Crippen molar-refractivity contribution in [2.75, 3.05) is 39.6 Å². The number of hydrogen-bond acceptors (Lipinski definition) is 3. The maximum absolute atomic E-state index is 12.9. The molecule has 2 rings (SSSR count). The van der Waals surface area contributed by atoms with E-state index in [0.29, 0.717) is 11.4 Å². The first-order valence-electron chi connectivity index (χ1n) is 9.17. The lowest BCUT2D eigenvalue weighted by Crippen LogP contribution is -3.07. The van der Waals surface area contributed by atoms with Gasteiger partial charge >= 0.3 is 0 Å². The first kappa shape index (κ1) is 21.4. The Balaban J connectivity index is 2.24. The Bertz CT molecular complexity index is 888. The van der Waals surface area contributed by atoms with Gasteiger partial charge in [0.25, 0.3) is 0 Å². The number of hydrogen-bond donors (Lipinski definition) is 2. The van der Waals surface area contributed by atoms with Gasteiger partial charge in [0.1, 0.15) is 6.04 Å². The smallest absolute Gasteiger partial charge is 0.241 e. The molecule has 0 aromatic heterocycles. The normalized spacial score (nSPS) is 13.0. The quantitative estimate of drug-likeness (QED) is 0.759. The summed E-state index contributed by atoms with van der Waals surface area (Å²) in [7, 11) is 4.53. The molecule has 2 N–H and O–H groups in total. The van der Waals surface area contributed by atoms with Gasteiger partial charge in [0.2, 0.25) is 10.0 Å². The lowest BCUT2D eigenvalue weighted by Gasteiger charge is -2.23. The Labute approximate surface area is 164 Å². The SMILES string of the molecule is Cc1cc(C)c(S(=O)(=O)NC[C@H](c2ccc(N(C)C)cc2)[NH+](C)C)cc1C. The van der Waals surface area contributed by atoms with Gasteiger partial charge in [-0.05, 0) is 55.7 Å². The van der Waals surface area contributed by atoms with Crippen molar-refractivity contribution in [1.29, 1.82) is 0 Å². The molecular formula is C21H32N3O2S+. The number of likely N-dealkylation sites (N-methyl/N-ethyl adjacent to an activating group) is 1. The van der Waals surface area contributed by atoms with E-state index in [1.165, 1.54) is 4.90 Å². The van der Waals surface area contributed by atoms with Crippen LogP contribution in [0, 0.1) is 20.8 Å². The molecule has 27 heavy (non-hydrogen) atoms. The van der Waals surface area contributed by atoms with Crippen LogP contribution in [0.2, 0.25) is 0 Å². The number of sulfonamides is 1. The highest BCUT2D eigenvalue weighted by Gasteiger charge is 2.23. The Morgan fingerprint density at radius 1 is 0.963 bits per heavy atom. The number of aryl methyl sites for hydroxylation is 3. The number of benzene rings is 2. The summed E-state index contributed by atoms with van der Waals surface area (Å²) < 4.78 is 28.6. The maximum atomic E-state index is 12.9. The van der Waals surface area contributed by atoms with Crippen LogP contribution in [0.4, 0.5) is 5.69 Å². The van der Waals surface area contributed by atoms with Crippen LogP contribution in [0.1, 0.15) is 28.3 Å². The molecule has 0 radical (unpaired) electrons. The second kappa shape index (κ2) is 8.42. The van der Waals surface area contributed by atoms with Crippen LogP contribution in [0.5, 0.6) is 0 Å². The summed E-state index contributed by atoms with van der Waals surface area (Å²) in [4.78, 5) is 3.58. The molecule has 0 amide bonds. The minimum absolute atomic E-state index is 0.0304. The molecule has 0 heterocycles. The minimum Gasteiger partial charge on any atom is -0.378 e. The molecule has 0 bridgehead atoms. The van der Waals surface area contributed by atoms with Crippen LogP contribution in [0.25, 0.3) is 0 Å². The molecular weight excluding hydrogens is 358 g/mol. The van der Waals surface area contributed by atoms with E-state index >= 15 is 0 Å². The molecule has 0 saturated carbocycles. The molecule has 0 aliphatic heterocycles. The Hall–Kier alpha value is -1.89. The van der Waals surface area contributed by atoms with E-state index in [-0.39, 0.29) is 6.04 Å².